The van der Waals surface area contributed by atoms with E-state index in [0.717, 1.165) is 11.1 Å². The molecule has 0 heterocycles. The van der Waals surface area contributed by atoms with Crippen molar-refractivity contribution in [3.05, 3.63) is 76.9 Å². The topological polar surface area (TPSA) is 32.3 Å². The normalized spacial score (nSPS) is 10.6. The second-order valence-corrected chi connectivity index (χ2v) is 5.05. The summed E-state index contributed by atoms with van der Waals surface area (Å²) in [7, 11) is 1.76. The Morgan fingerprint density at radius 3 is 2.52 bits per heavy atom. The van der Waals surface area contributed by atoms with Gasteiger partial charge in [-0.3, -0.25) is 0 Å². The molecule has 2 aromatic rings. The third kappa shape index (κ3) is 4.65. The first kappa shape index (κ1) is 15.1. The van der Waals surface area contributed by atoms with Gasteiger partial charge in [0.05, 0.1) is 0 Å². The molecule has 2 rings (SSSR count). The molecule has 0 unspecified atom stereocenters. The van der Waals surface area contributed by atoms with Crippen molar-refractivity contribution in [2.24, 2.45) is 0 Å². The van der Waals surface area contributed by atoms with E-state index in [2.05, 4.69) is 5.32 Å². The fourth-order valence-corrected chi connectivity index (χ4v) is 2.05. The van der Waals surface area contributed by atoms with Gasteiger partial charge in [-0.15, -0.1) is 0 Å². The molecule has 108 valence electrons. The van der Waals surface area contributed by atoms with E-state index in [4.69, 9.17) is 11.6 Å². The molecule has 0 bridgehead atoms. The first-order valence-electron chi connectivity index (χ1n) is 6.63. The van der Waals surface area contributed by atoms with Gasteiger partial charge in [0.1, 0.15) is 0 Å². The molecule has 0 atom stereocenters. The fraction of sp³-hybridized carbons (Fsp3) is 0.118. The predicted octanol–water partition coefficient (Wildman–Crippen LogP) is 4.15. The number of urea groups is 1. The maximum absolute atomic E-state index is 12.0. The van der Waals surface area contributed by atoms with Crippen molar-refractivity contribution < 1.29 is 4.79 Å². The number of carbonyl (C=O) groups is 1. The molecule has 0 aromatic heterocycles. The number of nitrogens with one attached hydrogen (secondary N) is 1. The van der Waals surface area contributed by atoms with Crippen LogP contribution in [0.2, 0.25) is 5.02 Å². The molecule has 0 fully saturated rings. The fourth-order valence-electron chi connectivity index (χ4n) is 1.85. The average molecular weight is 301 g/mol. The summed E-state index contributed by atoms with van der Waals surface area (Å²) in [4.78, 5) is 13.6. The third-order valence-electron chi connectivity index (χ3n) is 2.98. The van der Waals surface area contributed by atoms with Crippen LogP contribution in [0.25, 0.3) is 6.08 Å². The average Bonchev–Trinajstić information content (AvgIpc) is 2.50. The van der Waals surface area contributed by atoms with Gasteiger partial charge in [0.2, 0.25) is 0 Å². The van der Waals surface area contributed by atoms with Crippen molar-refractivity contribution in [2.75, 3.05) is 7.05 Å². The van der Waals surface area contributed by atoms with Gasteiger partial charge in [0.15, 0.2) is 0 Å². The first-order valence-corrected chi connectivity index (χ1v) is 7.01. The van der Waals surface area contributed by atoms with Gasteiger partial charge in [-0.25, -0.2) is 4.79 Å². The lowest BCUT2D eigenvalue weighted by Gasteiger charge is -2.16. The Balaban J connectivity index is 1.88. The Morgan fingerprint density at radius 1 is 1.14 bits per heavy atom. The van der Waals surface area contributed by atoms with Gasteiger partial charge in [-0.2, -0.15) is 0 Å². The highest BCUT2D eigenvalue weighted by molar-refractivity contribution is 6.32. The molecule has 0 spiro atoms. The summed E-state index contributed by atoms with van der Waals surface area (Å²) in [6, 6.07) is 17.1. The molecule has 2 amide bonds. The van der Waals surface area contributed by atoms with E-state index in [1.165, 1.54) is 0 Å². The summed E-state index contributed by atoms with van der Waals surface area (Å²) in [5.74, 6) is 0. The van der Waals surface area contributed by atoms with Crippen molar-refractivity contribution in [1.82, 2.24) is 10.2 Å². The summed E-state index contributed by atoms with van der Waals surface area (Å²) in [5, 5.41) is 3.38. The Hall–Kier alpha value is -2.26. The van der Waals surface area contributed by atoms with Crippen LogP contribution in [0.15, 0.2) is 60.8 Å². The summed E-state index contributed by atoms with van der Waals surface area (Å²) in [6.07, 6.45) is 3.38. The van der Waals surface area contributed by atoms with Crippen LogP contribution in [0.4, 0.5) is 4.79 Å². The van der Waals surface area contributed by atoms with Crippen LogP contribution in [0, 0.1) is 0 Å². The van der Waals surface area contributed by atoms with Gasteiger partial charge < -0.3 is 10.2 Å². The number of amides is 2. The van der Waals surface area contributed by atoms with Crippen LogP contribution in [-0.4, -0.2) is 18.0 Å². The molecule has 0 aliphatic rings. The van der Waals surface area contributed by atoms with Gasteiger partial charge in [-0.1, -0.05) is 60.1 Å². The second kappa shape index (κ2) is 7.50. The number of carbonyl (C=O) groups excluding carboxylic acids is 1. The van der Waals surface area contributed by atoms with Crippen molar-refractivity contribution in [3.8, 4) is 0 Å². The zero-order chi connectivity index (χ0) is 15.1. The molecule has 2 aromatic carbocycles. The maximum atomic E-state index is 12.0. The Bertz CT molecular complexity index is 626. The molecule has 0 aliphatic carbocycles. The second-order valence-electron chi connectivity index (χ2n) is 4.65. The standard InChI is InChI=1S/C17H17ClN2O/c1-20(13-14-7-3-2-4-8-14)17(21)19-12-11-15-9-5-6-10-16(15)18/h2-12H,13H2,1H3,(H,19,21)/b12-11+. The van der Waals surface area contributed by atoms with E-state index in [1.54, 1.807) is 24.2 Å². The largest absolute Gasteiger partial charge is 0.323 e. The zero-order valence-corrected chi connectivity index (χ0v) is 12.5. The molecule has 0 aliphatic heterocycles. The van der Waals surface area contributed by atoms with E-state index < -0.39 is 0 Å². The molecule has 21 heavy (non-hydrogen) atoms. The van der Waals surface area contributed by atoms with E-state index in [-0.39, 0.29) is 6.03 Å². The number of hydrogen-bond acceptors (Lipinski definition) is 1. The first-order chi connectivity index (χ1) is 10.2. The Kier molecular flexibility index (Phi) is 5.41. The molecule has 0 saturated carbocycles. The summed E-state index contributed by atoms with van der Waals surface area (Å²) in [5.41, 5.74) is 1.95. The van der Waals surface area contributed by atoms with E-state index in [0.29, 0.717) is 11.6 Å². The SMILES string of the molecule is CN(Cc1ccccc1)C(=O)N/C=C/c1ccccc1Cl. The van der Waals surface area contributed by atoms with Gasteiger partial charge in [0.25, 0.3) is 0 Å². The number of nitrogens with zero attached hydrogens (tertiary/aromatic N) is 1. The van der Waals surface area contributed by atoms with Crippen LogP contribution in [-0.2, 0) is 6.54 Å². The van der Waals surface area contributed by atoms with Crippen LogP contribution < -0.4 is 5.32 Å². The Labute approximate surface area is 129 Å². The van der Waals surface area contributed by atoms with E-state index >= 15 is 0 Å². The molecule has 4 heteroatoms. The van der Waals surface area contributed by atoms with Crippen molar-refractivity contribution in [3.63, 3.8) is 0 Å². The van der Waals surface area contributed by atoms with Crippen LogP contribution in [0.5, 0.6) is 0 Å². The molecular formula is C17H17ClN2O. The number of halogens is 1. The Morgan fingerprint density at radius 2 is 1.81 bits per heavy atom. The maximum Gasteiger partial charge on any atom is 0.321 e. The molecule has 0 saturated heterocycles. The number of hydrogen-bond donors (Lipinski definition) is 1. The minimum atomic E-state index is -0.165. The molecule has 1 N–H and O–H groups in total. The lowest BCUT2D eigenvalue weighted by Crippen LogP contribution is -2.33. The summed E-state index contributed by atoms with van der Waals surface area (Å²) < 4.78 is 0. The zero-order valence-electron chi connectivity index (χ0n) is 11.8. The number of rotatable bonds is 4. The molecule has 0 radical (unpaired) electrons. The molecule has 3 nitrogen and oxygen atoms in total. The van der Waals surface area contributed by atoms with E-state index in [1.807, 2.05) is 54.6 Å². The minimum Gasteiger partial charge on any atom is -0.323 e. The number of benzene rings is 2. The smallest absolute Gasteiger partial charge is 0.321 e. The van der Waals surface area contributed by atoms with Crippen molar-refractivity contribution in [2.45, 2.75) is 6.54 Å². The van der Waals surface area contributed by atoms with Crippen molar-refractivity contribution >= 4 is 23.7 Å². The highest BCUT2D eigenvalue weighted by Crippen LogP contribution is 2.15. The van der Waals surface area contributed by atoms with Crippen LogP contribution >= 0.6 is 11.6 Å². The van der Waals surface area contributed by atoms with Gasteiger partial charge in [-0.05, 0) is 23.3 Å². The highest BCUT2D eigenvalue weighted by atomic mass is 35.5. The highest BCUT2D eigenvalue weighted by Gasteiger charge is 2.06. The lowest BCUT2D eigenvalue weighted by molar-refractivity contribution is 0.211. The van der Waals surface area contributed by atoms with Crippen LogP contribution in [0.1, 0.15) is 11.1 Å². The van der Waals surface area contributed by atoms with Crippen LogP contribution in [0.3, 0.4) is 0 Å². The van der Waals surface area contributed by atoms with Gasteiger partial charge in [0, 0.05) is 24.8 Å². The minimum absolute atomic E-state index is 0.165. The quantitative estimate of drug-likeness (QED) is 0.904. The van der Waals surface area contributed by atoms with Gasteiger partial charge >= 0.3 is 6.03 Å². The lowest BCUT2D eigenvalue weighted by atomic mass is 10.2. The third-order valence-corrected chi connectivity index (χ3v) is 3.33. The molecular weight excluding hydrogens is 284 g/mol. The van der Waals surface area contributed by atoms with E-state index in [9.17, 15) is 4.79 Å². The summed E-state index contributed by atoms with van der Waals surface area (Å²) in [6.45, 7) is 0.562. The van der Waals surface area contributed by atoms with Crippen molar-refractivity contribution in [1.29, 1.82) is 0 Å². The summed E-state index contributed by atoms with van der Waals surface area (Å²) >= 11 is 6.04. The monoisotopic (exact) mass is 300 g/mol. The predicted molar refractivity (Wildman–Crippen MR) is 86.9 cm³/mol.